The Kier molecular flexibility index (Phi) is 4.77. The zero-order valence-electron chi connectivity index (χ0n) is 8.93. The van der Waals surface area contributed by atoms with E-state index in [1.54, 1.807) is 0 Å². The van der Waals surface area contributed by atoms with Crippen LogP contribution in [0, 0.1) is 10.8 Å². The maximum absolute atomic E-state index is 6.00. The fourth-order valence-corrected chi connectivity index (χ4v) is 1.59. The molecule has 0 aliphatic carbocycles. The summed E-state index contributed by atoms with van der Waals surface area (Å²) in [4.78, 5) is 0. The van der Waals surface area contributed by atoms with Gasteiger partial charge in [0.25, 0.3) is 0 Å². The van der Waals surface area contributed by atoms with E-state index in [4.69, 9.17) is 16.5 Å². The van der Waals surface area contributed by atoms with Crippen molar-refractivity contribution in [3.8, 4) is 0 Å². The number of nitrogens with one attached hydrogen (secondary N) is 1. The second-order valence-corrected chi connectivity index (χ2v) is 3.24. The minimum Gasteiger partial charge on any atom is -0.383 e. The second kappa shape index (κ2) is 6.38. The molecular formula is C12H14N4. The summed E-state index contributed by atoms with van der Waals surface area (Å²) in [5.74, 6) is 0. The van der Waals surface area contributed by atoms with Gasteiger partial charge < -0.3 is 11.1 Å². The maximum atomic E-state index is 6.00. The van der Waals surface area contributed by atoms with Crippen molar-refractivity contribution in [2.24, 2.45) is 5.73 Å². The van der Waals surface area contributed by atoms with Gasteiger partial charge in [-0.15, -0.1) is 0 Å². The van der Waals surface area contributed by atoms with Crippen LogP contribution in [0.15, 0.2) is 42.5 Å². The average molecular weight is 214 g/mol. The SMILES string of the molecule is N#N.NCCNc1cccc2ccccc12. The van der Waals surface area contributed by atoms with Crippen LogP contribution in [-0.4, -0.2) is 13.1 Å². The summed E-state index contributed by atoms with van der Waals surface area (Å²) in [6.45, 7) is 1.47. The number of nitrogens with two attached hydrogens (primary N) is 1. The highest BCUT2D eigenvalue weighted by molar-refractivity contribution is 5.93. The Balaban J connectivity index is 0.000000606. The quantitative estimate of drug-likeness (QED) is 0.767. The maximum Gasteiger partial charge on any atom is 0.0420 e. The van der Waals surface area contributed by atoms with Gasteiger partial charge in [0.15, 0.2) is 0 Å². The Labute approximate surface area is 94.5 Å². The topological polar surface area (TPSA) is 85.6 Å². The summed E-state index contributed by atoms with van der Waals surface area (Å²) in [5.41, 5.74) is 6.62. The lowest BCUT2D eigenvalue weighted by molar-refractivity contribution is 1.03. The molecule has 0 radical (unpaired) electrons. The second-order valence-electron chi connectivity index (χ2n) is 3.24. The van der Waals surface area contributed by atoms with Crippen molar-refractivity contribution in [1.82, 2.24) is 0 Å². The molecule has 0 atom stereocenters. The van der Waals surface area contributed by atoms with Crippen LogP contribution in [0.1, 0.15) is 0 Å². The summed E-state index contributed by atoms with van der Waals surface area (Å²) in [6, 6.07) is 14.6. The third-order valence-corrected chi connectivity index (χ3v) is 2.25. The lowest BCUT2D eigenvalue weighted by Crippen LogP contribution is -2.13. The van der Waals surface area contributed by atoms with Gasteiger partial charge in [0.1, 0.15) is 0 Å². The van der Waals surface area contributed by atoms with Crippen molar-refractivity contribution in [3.63, 3.8) is 0 Å². The molecule has 0 fully saturated rings. The number of benzene rings is 2. The molecule has 2 aromatic rings. The smallest absolute Gasteiger partial charge is 0.0420 e. The fourth-order valence-electron chi connectivity index (χ4n) is 1.59. The third-order valence-electron chi connectivity index (χ3n) is 2.25. The molecule has 2 rings (SSSR count). The van der Waals surface area contributed by atoms with Crippen molar-refractivity contribution in [1.29, 1.82) is 10.8 Å². The van der Waals surface area contributed by atoms with Gasteiger partial charge in [0, 0.05) is 34.9 Å². The third kappa shape index (κ3) is 2.69. The molecule has 0 spiro atoms. The van der Waals surface area contributed by atoms with Gasteiger partial charge in [-0.25, -0.2) is 0 Å². The van der Waals surface area contributed by atoms with Crippen molar-refractivity contribution in [3.05, 3.63) is 42.5 Å². The van der Waals surface area contributed by atoms with Crippen molar-refractivity contribution in [2.75, 3.05) is 18.4 Å². The standard InChI is InChI=1S/C12H14N2.N2/c13-8-9-14-12-7-3-5-10-4-1-2-6-11(10)12;1-2/h1-7,14H,8-9,13H2;. The van der Waals surface area contributed by atoms with Crippen LogP contribution >= 0.6 is 0 Å². The molecule has 3 N–H and O–H groups in total. The van der Waals surface area contributed by atoms with Crippen molar-refractivity contribution < 1.29 is 0 Å². The van der Waals surface area contributed by atoms with E-state index in [9.17, 15) is 0 Å². The van der Waals surface area contributed by atoms with Crippen molar-refractivity contribution in [2.45, 2.75) is 0 Å². The van der Waals surface area contributed by atoms with E-state index in [1.165, 1.54) is 10.8 Å². The highest BCUT2D eigenvalue weighted by Gasteiger charge is 1.97. The van der Waals surface area contributed by atoms with E-state index in [1.807, 2.05) is 0 Å². The molecule has 2 aromatic carbocycles. The van der Waals surface area contributed by atoms with Crippen LogP contribution in [0.25, 0.3) is 10.8 Å². The molecule has 0 amide bonds. The number of hydrogen-bond acceptors (Lipinski definition) is 4. The molecule has 0 heterocycles. The number of rotatable bonds is 3. The van der Waals surface area contributed by atoms with Crippen LogP contribution in [0.2, 0.25) is 0 Å². The molecule has 0 unspecified atom stereocenters. The summed E-state index contributed by atoms with van der Waals surface area (Å²) in [6.07, 6.45) is 0. The zero-order valence-corrected chi connectivity index (χ0v) is 8.93. The van der Waals surface area contributed by atoms with Gasteiger partial charge in [0.05, 0.1) is 0 Å². The molecule has 16 heavy (non-hydrogen) atoms. The zero-order chi connectivity index (χ0) is 11.8. The van der Waals surface area contributed by atoms with Crippen LogP contribution in [0.4, 0.5) is 5.69 Å². The molecule has 0 saturated carbocycles. The van der Waals surface area contributed by atoms with Gasteiger partial charge in [-0.2, -0.15) is 0 Å². The molecule has 0 aromatic heterocycles. The molecular weight excluding hydrogens is 200 g/mol. The Morgan fingerprint density at radius 2 is 1.69 bits per heavy atom. The highest BCUT2D eigenvalue weighted by Crippen LogP contribution is 2.22. The normalized spacial score (nSPS) is 9.19. The first-order valence-corrected chi connectivity index (χ1v) is 5.03. The van der Waals surface area contributed by atoms with Crippen LogP contribution in [-0.2, 0) is 0 Å². The van der Waals surface area contributed by atoms with Gasteiger partial charge in [-0.3, -0.25) is 0 Å². The van der Waals surface area contributed by atoms with Crippen LogP contribution < -0.4 is 11.1 Å². The van der Waals surface area contributed by atoms with Crippen molar-refractivity contribution >= 4 is 16.5 Å². The average Bonchev–Trinajstić information content (AvgIpc) is 2.38. The number of nitrogens with zero attached hydrogens (tertiary/aromatic N) is 2. The van der Waals surface area contributed by atoms with E-state index in [-0.39, 0.29) is 0 Å². The van der Waals surface area contributed by atoms with Crippen LogP contribution in [0.5, 0.6) is 0 Å². The minimum atomic E-state index is 0.656. The Bertz CT molecular complexity index is 459. The first kappa shape index (κ1) is 12.0. The van der Waals surface area contributed by atoms with E-state index >= 15 is 0 Å². The molecule has 4 heteroatoms. The van der Waals surface area contributed by atoms with Gasteiger partial charge in [-0.1, -0.05) is 36.4 Å². The lowest BCUT2D eigenvalue weighted by atomic mass is 10.1. The first-order chi connectivity index (χ1) is 7.92. The van der Waals surface area contributed by atoms with E-state index in [2.05, 4.69) is 47.8 Å². The molecule has 0 aliphatic rings. The highest BCUT2D eigenvalue weighted by atomic mass is 14.9. The molecule has 4 nitrogen and oxygen atoms in total. The Morgan fingerprint density at radius 3 is 2.44 bits per heavy atom. The summed E-state index contributed by atoms with van der Waals surface area (Å²) < 4.78 is 0. The van der Waals surface area contributed by atoms with Crippen LogP contribution in [0.3, 0.4) is 0 Å². The largest absolute Gasteiger partial charge is 0.383 e. The van der Waals surface area contributed by atoms with E-state index in [0.717, 1.165) is 12.2 Å². The first-order valence-electron chi connectivity index (χ1n) is 5.03. The fraction of sp³-hybridized carbons (Fsp3) is 0.167. The summed E-state index contributed by atoms with van der Waals surface area (Å²) in [5, 5.41) is 17.8. The molecule has 0 aliphatic heterocycles. The van der Waals surface area contributed by atoms with Gasteiger partial charge in [-0.05, 0) is 11.5 Å². The van der Waals surface area contributed by atoms with E-state index in [0.29, 0.717) is 6.54 Å². The minimum absolute atomic E-state index is 0.656. The Hall–Kier alpha value is -2.12. The number of hydrogen-bond donors (Lipinski definition) is 2. The summed E-state index contributed by atoms with van der Waals surface area (Å²) >= 11 is 0. The molecule has 0 bridgehead atoms. The number of fused-ring (bicyclic) bond motifs is 1. The monoisotopic (exact) mass is 214 g/mol. The predicted octanol–water partition coefficient (Wildman–Crippen LogP) is 2.24. The predicted molar refractivity (Wildman–Crippen MR) is 64.9 cm³/mol. The van der Waals surface area contributed by atoms with Gasteiger partial charge >= 0.3 is 0 Å². The Morgan fingerprint density at radius 1 is 1.00 bits per heavy atom. The van der Waals surface area contributed by atoms with Gasteiger partial charge in [0.2, 0.25) is 0 Å². The summed E-state index contributed by atoms with van der Waals surface area (Å²) in [7, 11) is 0. The molecule has 82 valence electrons. The molecule has 0 saturated heterocycles. The lowest BCUT2D eigenvalue weighted by Gasteiger charge is -2.08. The number of anilines is 1. The van der Waals surface area contributed by atoms with E-state index < -0.39 is 0 Å².